The summed E-state index contributed by atoms with van der Waals surface area (Å²) in [5.74, 6) is -0.919. The molecule has 0 atom stereocenters. The van der Waals surface area contributed by atoms with Crippen LogP contribution in [-0.2, 0) is 16.2 Å². The van der Waals surface area contributed by atoms with E-state index in [1.807, 2.05) is 6.92 Å². The van der Waals surface area contributed by atoms with Crippen LogP contribution in [0.1, 0.15) is 24.5 Å². The summed E-state index contributed by atoms with van der Waals surface area (Å²) in [6.07, 6.45) is 0.880. The second-order valence-corrected chi connectivity index (χ2v) is 8.01. The summed E-state index contributed by atoms with van der Waals surface area (Å²) in [6, 6.07) is 16.0. The Balaban J connectivity index is 1.56. The lowest BCUT2D eigenvalue weighted by Crippen LogP contribution is -2.24. The van der Waals surface area contributed by atoms with Crippen molar-refractivity contribution < 1.29 is 23.5 Å². The fourth-order valence-electron chi connectivity index (χ4n) is 2.91. The van der Waals surface area contributed by atoms with Crippen molar-refractivity contribution in [3.63, 3.8) is 0 Å². The Morgan fingerprint density at radius 2 is 1.80 bits per heavy atom. The molecule has 0 saturated carbocycles. The summed E-state index contributed by atoms with van der Waals surface area (Å²) in [7, 11) is 0. The van der Waals surface area contributed by atoms with Gasteiger partial charge in [0, 0.05) is 15.6 Å². The minimum Gasteiger partial charge on any atom is -0.490 e. The molecule has 0 unspecified atom stereocenters. The minimum absolute atomic E-state index is 0.00195. The third-order valence-corrected chi connectivity index (χ3v) is 5.12. The molecular weight excluding hydrogens is 496 g/mol. The Labute approximate surface area is 211 Å². The van der Waals surface area contributed by atoms with Crippen molar-refractivity contribution in [3.8, 4) is 11.5 Å². The molecule has 0 fully saturated rings. The van der Waals surface area contributed by atoms with Gasteiger partial charge in [-0.05, 0) is 55.0 Å². The Bertz CT molecular complexity index is 1240. The van der Waals surface area contributed by atoms with E-state index in [0.717, 1.165) is 5.56 Å². The predicted octanol–water partition coefficient (Wildman–Crippen LogP) is 5.59. The molecule has 35 heavy (non-hydrogen) atoms. The van der Waals surface area contributed by atoms with Gasteiger partial charge in [-0.3, -0.25) is 9.59 Å². The average Bonchev–Trinajstić information content (AvgIpc) is 2.81. The summed E-state index contributed by atoms with van der Waals surface area (Å²) in [4.78, 5) is 23.9. The fraction of sp³-hybridized carbons (Fsp3) is 0.160. The van der Waals surface area contributed by atoms with Crippen molar-refractivity contribution >= 4 is 46.9 Å². The molecule has 2 amide bonds. The van der Waals surface area contributed by atoms with Crippen LogP contribution in [0, 0.1) is 5.82 Å². The lowest BCUT2D eigenvalue weighted by molar-refractivity contribution is -0.126. The number of nitrogens with zero attached hydrogens (tertiary/aromatic N) is 1. The molecule has 10 heteroatoms. The van der Waals surface area contributed by atoms with Crippen molar-refractivity contribution in [2.75, 3.05) is 11.9 Å². The molecule has 0 bridgehead atoms. The van der Waals surface area contributed by atoms with Crippen LogP contribution in [0.5, 0.6) is 11.5 Å². The number of hydrogen-bond donors (Lipinski definition) is 2. The van der Waals surface area contributed by atoms with Gasteiger partial charge in [0.25, 0.3) is 0 Å². The molecule has 2 N–H and O–H groups in total. The lowest BCUT2D eigenvalue weighted by Gasteiger charge is -2.13. The van der Waals surface area contributed by atoms with E-state index >= 15 is 0 Å². The molecule has 182 valence electrons. The van der Waals surface area contributed by atoms with Crippen LogP contribution in [0.15, 0.2) is 65.8 Å². The minimum atomic E-state index is -0.663. The maximum Gasteiger partial charge on any atom is 0.249 e. The monoisotopic (exact) mass is 517 g/mol. The second-order valence-electron chi connectivity index (χ2n) is 7.16. The topological polar surface area (TPSA) is 89.0 Å². The van der Waals surface area contributed by atoms with Crippen LogP contribution in [0.4, 0.5) is 10.1 Å². The van der Waals surface area contributed by atoms with Crippen molar-refractivity contribution in [2.45, 2.75) is 20.0 Å². The highest BCUT2D eigenvalue weighted by atomic mass is 35.5. The quantitative estimate of drug-likeness (QED) is 0.208. The van der Waals surface area contributed by atoms with E-state index in [2.05, 4.69) is 15.8 Å². The molecule has 0 aliphatic carbocycles. The molecule has 0 radical (unpaired) electrons. The SMILES string of the molecule is CCOc1cc(C=NNC(=O)CC(=O)Nc2ccccc2F)ccc1OCc1ccc(Cl)cc1Cl. The molecule has 0 spiro atoms. The summed E-state index contributed by atoms with van der Waals surface area (Å²) in [5.41, 5.74) is 3.66. The molecule has 0 saturated heterocycles. The number of carbonyl (C=O) groups excluding carboxylic acids is 2. The standard InChI is InChI=1S/C25H22Cl2FN3O4/c1-2-34-23-11-16(7-10-22(23)35-15-17-8-9-18(26)12-19(17)27)14-29-31-25(33)13-24(32)30-21-6-4-3-5-20(21)28/h3-12,14H,2,13,15H2,1H3,(H,30,32)(H,31,33). The molecule has 0 aromatic heterocycles. The highest BCUT2D eigenvalue weighted by Crippen LogP contribution is 2.30. The number of benzene rings is 3. The molecule has 3 aromatic carbocycles. The van der Waals surface area contributed by atoms with Gasteiger partial charge in [-0.15, -0.1) is 0 Å². The smallest absolute Gasteiger partial charge is 0.249 e. The highest BCUT2D eigenvalue weighted by Gasteiger charge is 2.12. The molecule has 7 nitrogen and oxygen atoms in total. The summed E-state index contributed by atoms with van der Waals surface area (Å²) in [5, 5.41) is 7.23. The summed E-state index contributed by atoms with van der Waals surface area (Å²) in [6.45, 7) is 2.47. The van der Waals surface area contributed by atoms with Gasteiger partial charge >= 0.3 is 0 Å². The van der Waals surface area contributed by atoms with Crippen molar-refractivity contribution in [1.82, 2.24) is 5.43 Å². The van der Waals surface area contributed by atoms with Gasteiger partial charge in [-0.1, -0.05) is 41.4 Å². The highest BCUT2D eigenvalue weighted by molar-refractivity contribution is 6.35. The van der Waals surface area contributed by atoms with Crippen LogP contribution >= 0.6 is 23.2 Å². The Kier molecular flexibility index (Phi) is 9.46. The zero-order valence-electron chi connectivity index (χ0n) is 18.7. The maximum absolute atomic E-state index is 13.6. The van der Waals surface area contributed by atoms with Crippen molar-refractivity contribution in [1.29, 1.82) is 0 Å². The lowest BCUT2D eigenvalue weighted by atomic mass is 10.2. The number of rotatable bonds is 10. The summed E-state index contributed by atoms with van der Waals surface area (Å²) >= 11 is 12.1. The third-order valence-electron chi connectivity index (χ3n) is 4.54. The molecular formula is C25H22Cl2FN3O4. The van der Waals surface area contributed by atoms with Crippen molar-refractivity contribution in [3.05, 3.63) is 87.7 Å². The summed E-state index contributed by atoms with van der Waals surface area (Å²) < 4.78 is 25.1. The molecule has 0 aliphatic heterocycles. The largest absolute Gasteiger partial charge is 0.490 e. The van der Waals surface area contributed by atoms with Gasteiger partial charge in [0.2, 0.25) is 11.8 Å². The number of carbonyl (C=O) groups is 2. The van der Waals surface area contributed by atoms with Crippen LogP contribution in [0.3, 0.4) is 0 Å². The number of ether oxygens (including phenoxy) is 2. The number of halogens is 3. The van der Waals surface area contributed by atoms with Crippen molar-refractivity contribution in [2.24, 2.45) is 5.10 Å². The van der Waals surface area contributed by atoms with Crippen LogP contribution in [-0.4, -0.2) is 24.6 Å². The number of amides is 2. The second kappa shape index (κ2) is 12.7. The first-order valence-electron chi connectivity index (χ1n) is 10.6. The molecule has 3 rings (SSSR count). The van der Waals surface area contributed by atoms with Gasteiger partial charge in [0.05, 0.1) is 18.5 Å². The fourth-order valence-corrected chi connectivity index (χ4v) is 3.37. The van der Waals surface area contributed by atoms with E-state index in [4.69, 9.17) is 32.7 Å². The molecule has 3 aromatic rings. The van der Waals surface area contributed by atoms with E-state index < -0.39 is 24.1 Å². The predicted molar refractivity (Wildman–Crippen MR) is 134 cm³/mol. The third kappa shape index (κ3) is 7.98. The van der Waals surface area contributed by atoms with E-state index in [0.29, 0.717) is 33.7 Å². The first-order valence-corrected chi connectivity index (χ1v) is 11.3. The van der Waals surface area contributed by atoms with Gasteiger partial charge < -0.3 is 14.8 Å². The van der Waals surface area contributed by atoms with E-state index in [1.54, 1.807) is 42.5 Å². The first kappa shape index (κ1) is 26.0. The van der Waals surface area contributed by atoms with Gasteiger partial charge in [0.15, 0.2) is 11.5 Å². The van der Waals surface area contributed by atoms with Crippen LogP contribution in [0.2, 0.25) is 10.0 Å². The number of nitrogens with one attached hydrogen (secondary N) is 2. The van der Waals surface area contributed by atoms with Crippen LogP contribution < -0.4 is 20.2 Å². The van der Waals surface area contributed by atoms with E-state index in [1.165, 1.54) is 24.4 Å². The van der Waals surface area contributed by atoms with Gasteiger partial charge in [0.1, 0.15) is 18.8 Å². The average molecular weight is 518 g/mol. The normalized spacial score (nSPS) is 10.7. The maximum atomic E-state index is 13.6. The number of para-hydroxylation sites is 1. The number of hydrogen-bond acceptors (Lipinski definition) is 5. The Morgan fingerprint density at radius 1 is 1.00 bits per heavy atom. The van der Waals surface area contributed by atoms with Crippen LogP contribution in [0.25, 0.3) is 0 Å². The van der Waals surface area contributed by atoms with E-state index in [-0.39, 0.29) is 12.3 Å². The molecule has 0 heterocycles. The van der Waals surface area contributed by atoms with E-state index in [9.17, 15) is 14.0 Å². The first-order chi connectivity index (χ1) is 16.9. The van der Waals surface area contributed by atoms with Gasteiger partial charge in [-0.2, -0.15) is 5.10 Å². The van der Waals surface area contributed by atoms with Gasteiger partial charge in [-0.25, -0.2) is 9.82 Å². The number of hydrazone groups is 1. The molecule has 0 aliphatic rings. The Hall–Kier alpha value is -3.62. The number of anilines is 1. The zero-order valence-corrected chi connectivity index (χ0v) is 20.2. The zero-order chi connectivity index (χ0) is 25.2. The Morgan fingerprint density at radius 3 is 2.54 bits per heavy atom.